The van der Waals surface area contributed by atoms with Gasteiger partial charge < -0.3 is 14.1 Å². The van der Waals surface area contributed by atoms with Crippen molar-refractivity contribution in [3.05, 3.63) is 58.9 Å². The van der Waals surface area contributed by atoms with Crippen LogP contribution in [0.3, 0.4) is 0 Å². The van der Waals surface area contributed by atoms with Crippen LogP contribution in [-0.2, 0) is 14.3 Å². The van der Waals surface area contributed by atoms with Crippen LogP contribution < -0.4 is 0 Å². The summed E-state index contributed by atoms with van der Waals surface area (Å²) in [5.41, 5.74) is 0.580. The second kappa shape index (κ2) is 6.37. The molecule has 0 saturated heterocycles. The van der Waals surface area contributed by atoms with E-state index in [1.165, 1.54) is 30.0 Å². The van der Waals surface area contributed by atoms with E-state index in [1.54, 1.807) is 24.3 Å². The normalized spacial score (nSPS) is 11.7. The van der Waals surface area contributed by atoms with Crippen molar-refractivity contribution in [1.82, 2.24) is 4.57 Å². The molecule has 0 spiro atoms. The summed E-state index contributed by atoms with van der Waals surface area (Å²) in [6.07, 6.45) is 1.91. The fourth-order valence-corrected chi connectivity index (χ4v) is 2.15. The van der Waals surface area contributed by atoms with Crippen LogP contribution in [-0.4, -0.2) is 29.7 Å². The molecule has 0 aliphatic rings. The molecule has 21 heavy (non-hydrogen) atoms. The Kier molecular flexibility index (Phi) is 4.55. The van der Waals surface area contributed by atoms with E-state index in [1.807, 2.05) is 0 Å². The number of ether oxygens (including phenoxy) is 1. The van der Waals surface area contributed by atoms with Crippen LogP contribution in [0.15, 0.2) is 42.6 Å². The number of rotatable bonds is 5. The van der Waals surface area contributed by atoms with Gasteiger partial charge in [-0.05, 0) is 24.3 Å². The summed E-state index contributed by atoms with van der Waals surface area (Å²) in [4.78, 5) is 35.2. The molecule has 0 bridgehead atoms. The number of nitrogens with zero attached hydrogens (tertiary/aromatic N) is 1. The highest BCUT2D eigenvalue weighted by Gasteiger charge is 2.25. The summed E-state index contributed by atoms with van der Waals surface area (Å²) in [6.45, 7) is 0. The summed E-state index contributed by atoms with van der Waals surface area (Å²) in [5, 5.41) is 0.430. The molecule has 1 heterocycles. The number of carbonyl (C=O) groups is 3. The van der Waals surface area contributed by atoms with Crippen LogP contribution in [0.1, 0.15) is 22.1 Å². The molecule has 108 valence electrons. The number of hydrogen-bond acceptors (Lipinski definition) is 4. The van der Waals surface area contributed by atoms with E-state index in [0.717, 1.165) is 0 Å². The first-order valence-corrected chi connectivity index (χ1v) is 6.46. The third-order valence-corrected chi connectivity index (χ3v) is 3.20. The first-order valence-electron chi connectivity index (χ1n) is 6.08. The Morgan fingerprint density at radius 1 is 1.29 bits per heavy atom. The highest BCUT2D eigenvalue weighted by Crippen LogP contribution is 2.18. The quantitative estimate of drug-likeness (QED) is 0.368. The predicted molar refractivity (Wildman–Crippen MR) is 76.4 cm³/mol. The van der Waals surface area contributed by atoms with Gasteiger partial charge in [-0.25, -0.2) is 4.79 Å². The van der Waals surface area contributed by atoms with Crippen LogP contribution in [0, 0.1) is 0 Å². The summed E-state index contributed by atoms with van der Waals surface area (Å²) in [5.74, 6) is -1.07. The van der Waals surface area contributed by atoms with Crippen molar-refractivity contribution in [2.75, 3.05) is 7.11 Å². The van der Waals surface area contributed by atoms with Gasteiger partial charge in [0.1, 0.15) is 0 Å². The van der Waals surface area contributed by atoms with Gasteiger partial charge in [-0.15, -0.1) is 0 Å². The Labute approximate surface area is 126 Å². The molecule has 0 N–H and O–H groups in total. The third kappa shape index (κ3) is 3.03. The average Bonchev–Trinajstić information content (AvgIpc) is 2.96. The number of hydrogen-bond donors (Lipinski definition) is 0. The lowest BCUT2D eigenvalue weighted by molar-refractivity contribution is -0.145. The Hall–Kier alpha value is -2.40. The van der Waals surface area contributed by atoms with Crippen molar-refractivity contribution in [3.8, 4) is 0 Å². The monoisotopic (exact) mass is 305 g/mol. The van der Waals surface area contributed by atoms with Gasteiger partial charge in [-0.3, -0.25) is 4.79 Å². The topological polar surface area (TPSA) is 65.4 Å². The predicted octanol–water partition coefficient (Wildman–Crippen LogP) is 2.29. The fourth-order valence-electron chi connectivity index (χ4n) is 1.96. The van der Waals surface area contributed by atoms with Gasteiger partial charge in [0.2, 0.25) is 5.78 Å². The molecule has 5 nitrogen and oxygen atoms in total. The van der Waals surface area contributed by atoms with E-state index in [9.17, 15) is 14.4 Å². The molecule has 0 aliphatic heterocycles. The summed E-state index contributed by atoms with van der Waals surface area (Å²) >= 11 is 5.86. The van der Waals surface area contributed by atoms with Crippen LogP contribution in [0.5, 0.6) is 0 Å². The minimum absolute atomic E-state index is 0.208. The van der Waals surface area contributed by atoms with E-state index in [-0.39, 0.29) is 11.5 Å². The summed E-state index contributed by atoms with van der Waals surface area (Å²) in [7, 11) is 1.18. The lowest BCUT2D eigenvalue weighted by Gasteiger charge is -2.13. The average molecular weight is 306 g/mol. The Morgan fingerprint density at radius 3 is 2.67 bits per heavy atom. The third-order valence-electron chi connectivity index (χ3n) is 2.97. The number of aldehydes is 1. The number of benzene rings is 1. The van der Waals surface area contributed by atoms with Crippen LogP contribution in [0.2, 0.25) is 5.02 Å². The van der Waals surface area contributed by atoms with Gasteiger partial charge in [0.05, 0.1) is 12.8 Å². The lowest BCUT2D eigenvalue weighted by Crippen LogP contribution is -2.24. The zero-order valence-corrected chi connectivity index (χ0v) is 11.9. The van der Waals surface area contributed by atoms with Gasteiger partial charge in [-0.1, -0.05) is 23.7 Å². The van der Waals surface area contributed by atoms with Gasteiger partial charge in [0.15, 0.2) is 12.3 Å². The number of ketones is 1. The van der Waals surface area contributed by atoms with Gasteiger partial charge in [-0.2, -0.15) is 0 Å². The Bertz CT molecular complexity index is 692. The molecule has 0 aliphatic carbocycles. The van der Waals surface area contributed by atoms with Crippen molar-refractivity contribution in [3.63, 3.8) is 0 Å². The van der Waals surface area contributed by atoms with E-state index in [0.29, 0.717) is 16.9 Å². The molecule has 1 aromatic carbocycles. The van der Waals surface area contributed by atoms with Gasteiger partial charge in [0, 0.05) is 16.8 Å². The molecule has 2 rings (SSSR count). The van der Waals surface area contributed by atoms with Crippen LogP contribution in [0.4, 0.5) is 0 Å². The molecule has 6 heteroatoms. The molecule has 1 atom stereocenters. The highest BCUT2D eigenvalue weighted by atomic mass is 35.5. The van der Waals surface area contributed by atoms with Crippen LogP contribution >= 0.6 is 11.6 Å². The zero-order chi connectivity index (χ0) is 15.4. The SMILES string of the molecule is COC(=O)C(C=O)n1cccc1C(=O)c1cccc(Cl)c1. The molecule has 0 fully saturated rings. The molecule has 0 saturated carbocycles. The highest BCUT2D eigenvalue weighted by molar-refractivity contribution is 6.31. The molecule has 1 aromatic heterocycles. The second-order valence-electron chi connectivity index (χ2n) is 4.24. The van der Waals surface area contributed by atoms with E-state index in [4.69, 9.17) is 11.6 Å². The van der Waals surface area contributed by atoms with E-state index < -0.39 is 12.0 Å². The molecule has 0 radical (unpaired) electrons. The second-order valence-corrected chi connectivity index (χ2v) is 4.68. The maximum Gasteiger partial charge on any atom is 0.336 e. The Morgan fingerprint density at radius 2 is 2.05 bits per heavy atom. The van der Waals surface area contributed by atoms with Crippen molar-refractivity contribution in [1.29, 1.82) is 0 Å². The Balaban J connectivity index is 2.42. The first-order chi connectivity index (χ1) is 10.1. The maximum absolute atomic E-state index is 12.5. The van der Waals surface area contributed by atoms with Crippen LogP contribution in [0.25, 0.3) is 0 Å². The molecular weight excluding hydrogens is 294 g/mol. The minimum Gasteiger partial charge on any atom is -0.467 e. The fraction of sp³-hybridized carbons (Fsp3) is 0.133. The lowest BCUT2D eigenvalue weighted by atomic mass is 10.1. The van der Waals surface area contributed by atoms with Gasteiger partial charge >= 0.3 is 5.97 Å². The number of carbonyl (C=O) groups excluding carboxylic acids is 3. The molecule has 2 aromatic rings. The maximum atomic E-state index is 12.5. The number of methoxy groups -OCH3 is 1. The van der Waals surface area contributed by atoms with Crippen molar-refractivity contribution in [2.24, 2.45) is 0 Å². The van der Waals surface area contributed by atoms with E-state index in [2.05, 4.69) is 4.74 Å². The zero-order valence-electron chi connectivity index (χ0n) is 11.2. The smallest absolute Gasteiger partial charge is 0.336 e. The largest absolute Gasteiger partial charge is 0.467 e. The molecule has 0 amide bonds. The van der Waals surface area contributed by atoms with Gasteiger partial charge in [0.25, 0.3) is 0 Å². The minimum atomic E-state index is -1.19. The molecule has 1 unspecified atom stereocenters. The number of halogens is 1. The summed E-state index contributed by atoms with van der Waals surface area (Å²) in [6, 6.07) is 8.36. The number of esters is 1. The number of aromatic nitrogens is 1. The summed E-state index contributed by atoms with van der Waals surface area (Å²) < 4.78 is 5.84. The first kappa shape index (κ1) is 15.0. The van der Waals surface area contributed by atoms with E-state index >= 15 is 0 Å². The van der Waals surface area contributed by atoms with Crippen molar-refractivity contribution >= 4 is 29.6 Å². The van der Waals surface area contributed by atoms with Crippen molar-refractivity contribution in [2.45, 2.75) is 6.04 Å². The molecular formula is C15H12ClNO4. The standard InChI is InChI=1S/C15H12ClNO4/c1-21-15(20)13(9-18)17-7-3-6-12(17)14(19)10-4-2-5-11(16)8-10/h2-9,13H,1H3. The van der Waals surface area contributed by atoms with Crippen molar-refractivity contribution < 1.29 is 19.1 Å².